The highest BCUT2D eigenvalue weighted by molar-refractivity contribution is 5.53. The molecule has 1 unspecified atom stereocenters. The van der Waals surface area contributed by atoms with Crippen LogP contribution in [-0.4, -0.2) is 4.98 Å². The SMILES string of the molecule is Cc1ccc(/C=C/C(Cc2cnc(-c3ccccc3)o2)c2ccccc2)cc1. The molecule has 0 bridgehead atoms. The van der Waals surface area contributed by atoms with Crippen molar-refractivity contribution in [2.75, 3.05) is 0 Å². The third-order valence-corrected chi connectivity index (χ3v) is 4.82. The second kappa shape index (κ2) is 8.53. The molecule has 28 heavy (non-hydrogen) atoms. The summed E-state index contributed by atoms with van der Waals surface area (Å²) >= 11 is 0. The van der Waals surface area contributed by atoms with Crippen LogP contribution in [0.15, 0.2) is 102 Å². The third-order valence-electron chi connectivity index (χ3n) is 4.82. The lowest BCUT2D eigenvalue weighted by molar-refractivity contribution is 0.508. The Bertz CT molecular complexity index is 1030. The van der Waals surface area contributed by atoms with Crippen molar-refractivity contribution in [3.05, 3.63) is 120 Å². The number of hydrogen-bond acceptors (Lipinski definition) is 2. The van der Waals surface area contributed by atoms with Gasteiger partial charge >= 0.3 is 0 Å². The highest BCUT2D eigenvalue weighted by Gasteiger charge is 2.13. The van der Waals surface area contributed by atoms with Gasteiger partial charge < -0.3 is 4.42 Å². The average Bonchev–Trinajstić information content (AvgIpc) is 3.22. The second-order valence-electron chi connectivity index (χ2n) is 6.99. The summed E-state index contributed by atoms with van der Waals surface area (Å²) in [6.07, 6.45) is 7.06. The molecule has 0 radical (unpaired) electrons. The molecule has 3 aromatic carbocycles. The van der Waals surface area contributed by atoms with Crippen LogP contribution in [0.5, 0.6) is 0 Å². The Hall–Kier alpha value is -3.39. The van der Waals surface area contributed by atoms with Gasteiger partial charge in [0.2, 0.25) is 5.89 Å². The van der Waals surface area contributed by atoms with E-state index in [0.29, 0.717) is 5.89 Å². The van der Waals surface area contributed by atoms with E-state index in [9.17, 15) is 0 Å². The number of oxazole rings is 1. The Morgan fingerprint density at radius 1 is 0.857 bits per heavy atom. The van der Waals surface area contributed by atoms with E-state index < -0.39 is 0 Å². The van der Waals surface area contributed by atoms with Crippen LogP contribution in [-0.2, 0) is 6.42 Å². The van der Waals surface area contributed by atoms with Crippen LogP contribution in [0.3, 0.4) is 0 Å². The number of hydrogen-bond donors (Lipinski definition) is 0. The first-order valence-electron chi connectivity index (χ1n) is 9.58. The number of allylic oxidation sites excluding steroid dienone is 1. The summed E-state index contributed by atoms with van der Waals surface area (Å²) in [5.74, 6) is 1.78. The molecule has 1 aromatic heterocycles. The van der Waals surface area contributed by atoms with Gasteiger partial charge in [-0.2, -0.15) is 0 Å². The van der Waals surface area contributed by atoms with E-state index >= 15 is 0 Å². The van der Waals surface area contributed by atoms with E-state index in [2.05, 4.69) is 72.6 Å². The van der Waals surface area contributed by atoms with Gasteiger partial charge in [-0.15, -0.1) is 0 Å². The van der Waals surface area contributed by atoms with E-state index in [0.717, 1.165) is 17.7 Å². The molecule has 2 heteroatoms. The van der Waals surface area contributed by atoms with Crippen LogP contribution >= 0.6 is 0 Å². The Balaban J connectivity index is 1.58. The van der Waals surface area contributed by atoms with Gasteiger partial charge in [0.15, 0.2) is 0 Å². The lowest BCUT2D eigenvalue weighted by Gasteiger charge is -2.12. The van der Waals surface area contributed by atoms with Crippen LogP contribution in [0.1, 0.15) is 28.4 Å². The molecule has 0 aliphatic rings. The van der Waals surface area contributed by atoms with Gasteiger partial charge in [0.25, 0.3) is 0 Å². The minimum atomic E-state index is 0.221. The largest absolute Gasteiger partial charge is 0.441 e. The van der Waals surface area contributed by atoms with Crippen molar-refractivity contribution >= 4 is 6.08 Å². The first kappa shape index (κ1) is 18.0. The summed E-state index contributed by atoms with van der Waals surface area (Å²) in [5.41, 5.74) is 4.74. The zero-order chi connectivity index (χ0) is 19.2. The smallest absolute Gasteiger partial charge is 0.226 e. The molecule has 2 nitrogen and oxygen atoms in total. The van der Waals surface area contributed by atoms with E-state index in [1.165, 1.54) is 16.7 Å². The fourth-order valence-corrected chi connectivity index (χ4v) is 3.23. The Morgan fingerprint density at radius 2 is 1.54 bits per heavy atom. The monoisotopic (exact) mass is 365 g/mol. The molecule has 0 saturated heterocycles. The maximum Gasteiger partial charge on any atom is 0.226 e. The Morgan fingerprint density at radius 3 is 2.25 bits per heavy atom. The molecule has 0 amide bonds. The summed E-state index contributed by atoms with van der Waals surface area (Å²) in [5, 5.41) is 0. The average molecular weight is 365 g/mol. The minimum absolute atomic E-state index is 0.221. The fraction of sp³-hybridized carbons (Fsp3) is 0.115. The molecule has 0 aliphatic carbocycles. The fourth-order valence-electron chi connectivity index (χ4n) is 3.23. The normalized spacial score (nSPS) is 12.3. The van der Waals surface area contributed by atoms with Gasteiger partial charge in [-0.25, -0.2) is 4.98 Å². The molecule has 138 valence electrons. The highest BCUT2D eigenvalue weighted by Crippen LogP contribution is 2.26. The van der Waals surface area contributed by atoms with Crippen molar-refractivity contribution in [2.45, 2.75) is 19.3 Å². The number of benzene rings is 3. The van der Waals surface area contributed by atoms with E-state index in [4.69, 9.17) is 4.42 Å². The topological polar surface area (TPSA) is 26.0 Å². The molecule has 1 heterocycles. The Kier molecular flexibility index (Phi) is 5.48. The minimum Gasteiger partial charge on any atom is -0.441 e. The molecule has 0 spiro atoms. The summed E-state index contributed by atoms with van der Waals surface area (Å²) < 4.78 is 6.04. The summed E-state index contributed by atoms with van der Waals surface area (Å²) in [6, 6.07) is 29.1. The predicted molar refractivity (Wildman–Crippen MR) is 115 cm³/mol. The van der Waals surface area contributed by atoms with Crippen molar-refractivity contribution in [3.8, 4) is 11.5 Å². The first-order chi connectivity index (χ1) is 13.8. The predicted octanol–water partition coefficient (Wildman–Crippen LogP) is 6.69. The van der Waals surface area contributed by atoms with E-state index in [1.54, 1.807) is 0 Å². The van der Waals surface area contributed by atoms with Crippen molar-refractivity contribution in [1.29, 1.82) is 0 Å². The lowest BCUT2D eigenvalue weighted by Crippen LogP contribution is -1.99. The van der Waals surface area contributed by atoms with Gasteiger partial charge in [-0.1, -0.05) is 90.5 Å². The van der Waals surface area contributed by atoms with Crippen LogP contribution in [0.25, 0.3) is 17.5 Å². The molecule has 0 N–H and O–H groups in total. The van der Waals surface area contributed by atoms with Gasteiger partial charge in [0, 0.05) is 17.9 Å². The number of nitrogens with zero attached hydrogens (tertiary/aromatic N) is 1. The zero-order valence-electron chi connectivity index (χ0n) is 16.0. The summed E-state index contributed by atoms with van der Waals surface area (Å²) in [6.45, 7) is 2.11. The lowest BCUT2D eigenvalue weighted by atomic mass is 9.93. The molecule has 4 aromatic rings. The molecule has 0 fully saturated rings. The molecule has 0 aliphatic heterocycles. The second-order valence-corrected chi connectivity index (χ2v) is 6.99. The maximum absolute atomic E-state index is 6.04. The van der Waals surface area contributed by atoms with Gasteiger partial charge in [-0.3, -0.25) is 0 Å². The zero-order valence-corrected chi connectivity index (χ0v) is 16.0. The van der Waals surface area contributed by atoms with E-state index in [1.807, 2.05) is 42.6 Å². The Labute approximate surface area is 166 Å². The molecule has 1 atom stereocenters. The van der Waals surface area contributed by atoms with E-state index in [-0.39, 0.29) is 5.92 Å². The van der Waals surface area contributed by atoms with Crippen LogP contribution in [0.4, 0.5) is 0 Å². The van der Waals surface area contributed by atoms with Crippen molar-refractivity contribution in [2.24, 2.45) is 0 Å². The first-order valence-corrected chi connectivity index (χ1v) is 9.58. The molecule has 0 saturated carbocycles. The standard InChI is InChI=1S/C26H23NO/c1-20-12-14-21(15-13-20)16-17-24(22-8-4-2-5-9-22)18-25-19-27-26(28-25)23-10-6-3-7-11-23/h2-17,19,24H,18H2,1H3/b17-16+. The molecular formula is C26H23NO. The number of aryl methyl sites for hydroxylation is 1. The summed E-state index contributed by atoms with van der Waals surface area (Å²) in [7, 11) is 0. The summed E-state index contributed by atoms with van der Waals surface area (Å²) in [4.78, 5) is 4.47. The van der Waals surface area contributed by atoms with Crippen molar-refractivity contribution in [3.63, 3.8) is 0 Å². The van der Waals surface area contributed by atoms with Crippen molar-refractivity contribution < 1.29 is 4.42 Å². The van der Waals surface area contributed by atoms with Gasteiger partial charge in [0.05, 0.1) is 6.20 Å². The van der Waals surface area contributed by atoms with Crippen LogP contribution < -0.4 is 0 Å². The van der Waals surface area contributed by atoms with Gasteiger partial charge in [-0.05, 0) is 30.2 Å². The third kappa shape index (κ3) is 4.47. The maximum atomic E-state index is 6.04. The quantitative estimate of drug-likeness (QED) is 0.380. The number of aromatic nitrogens is 1. The van der Waals surface area contributed by atoms with Crippen molar-refractivity contribution in [1.82, 2.24) is 4.98 Å². The van der Waals surface area contributed by atoms with Crippen LogP contribution in [0.2, 0.25) is 0 Å². The molecule has 4 rings (SSSR count). The van der Waals surface area contributed by atoms with Gasteiger partial charge in [0.1, 0.15) is 5.76 Å². The van der Waals surface area contributed by atoms with Crippen LogP contribution in [0, 0.1) is 6.92 Å². The number of rotatable bonds is 6. The highest BCUT2D eigenvalue weighted by atomic mass is 16.4. The molecular weight excluding hydrogens is 342 g/mol.